The number of hydrogen-bond acceptors (Lipinski definition) is 5. The Labute approximate surface area is 167 Å². The summed E-state index contributed by atoms with van der Waals surface area (Å²) in [5.74, 6) is 0.418. The SMILES string of the molecule is COc1ccc2nc(NC(=O)C3(C)CCCN3C(=O)c3ccccc3)sc2c1. The third-order valence-corrected chi connectivity index (χ3v) is 6.15. The number of hydrogen-bond donors (Lipinski definition) is 1. The molecular formula is C21H21N3O3S. The summed E-state index contributed by atoms with van der Waals surface area (Å²) >= 11 is 1.39. The molecule has 7 heteroatoms. The van der Waals surface area contributed by atoms with E-state index in [1.54, 1.807) is 24.1 Å². The number of nitrogens with one attached hydrogen (secondary N) is 1. The van der Waals surface area contributed by atoms with Gasteiger partial charge in [0.15, 0.2) is 5.13 Å². The van der Waals surface area contributed by atoms with Crippen molar-refractivity contribution in [1.82, 2.24) is 9.88 Å². The number of fused-ring (bicyclic) bond motifs is 1. The Hall–Kier alpha value is -2.93. The van der Waals surface area contributed by atoms with Crippen molar-refractivity contribution in [3.63, 3.8) is 0 Å². The second-order valence-electron chi connectivity index (χ2n) is 7.01. The van der Waals surface area contributed by atoms with Crippen molar-refractivity contribution in [2.75, 3.05) is 19.0 Å². The molecule has 2 heterocycles. The van der Waals surface area contributed by atoms with Crippen LogP contribution in [0.2, 0.25) is 0 Å². The van der Waals surface area contributed by atoms with Crippen LogP contribution >= 0.6 is 11.3 Å². The number of nitrogens with zero attached hydrogens (tertiary/aromatic N) is 2. The highest BCUT2D eigenvalue weighted by molar-refractivity contribution is 7.22. The molecule has 1 aliphatic rings. The molecule has 6 nitrogen and oxygen atoms in total. The highest BCUT2D eigenvalue weighted by Gasteiger charge is 2.46. The maximum atomic E-state index is 13.1. The third kappa shape index (κ3) is 3.22. The molecule has 28 heavy (non-hydrogen) atoms. The van der Waals surface area contributed by atoms with Crippen molar-refractivity contribution >= 4 is 38.5 Å². The van der Waals surface area contributed by atoms with E-state index in [4.69, 9.17) is 4.74 Å². The molecule has 1 N–H and O–H groups in total. The molecule has 2 aromatic carbocycles. The van der Waals surface area contributed by atoms with Gasteiger partial charge in [-0.25, -0.2) is 4.98 Å². The number of carbonyl (C=O) groups is 2. The lowest BCUT2D eigenvalue weighted by atomic mass is 9.97. The Morgan fingerprint density at radius 2 is 2.00 bits per heavy atom. The number of aromatic nitrogens is 1. The van der Waals surface area contributed by atoms with Gasteiger partial charge in [-0.05, 0) is 50.1 Å². The molecule has 2 amide bonds. The fourth-order valence-corrected chi connectivity index (χ4v) is 4.47. The first-order valence-electron chi connectivity index (χ1n) is 9.14. The van der Waals surface area contributed by atoms with Gasteiger partial charge in [0.1, 0.15) is 11.3 Å². The fourth-order valence-electron chi connectivity index (χ4n) is 3.58. The van der Waals surface area contributed by atoms with Crippen molar-refractivity contribution in [2.24, 2.45) is 0 Å². The van der Waals surface area contributed by atoms with E-state index in [-0.39, 0.29) is 11.8 Å². The maximum Gasteiger partial charge on any atom is 0.254 e. The molecular weight excluding hydrogens is 374 g/mol. The molecule has 0 saturated carbocycles. The van der Waals surface area contributed by atoms with Gasteiger partial charge in [0.05, 0.1) is 17.3 Å². The van der Waals surface area contributed by atoms with Gasteiger partial charge in [-0.15, -0.1) is 0 Å². The second-order valence-corrected chi connectivity index (χ2v) is 8.04. The standard InChI is InChI=1S/C21H21N3O3S/c1-21(11-6-12-24(21)18(25)14-7-4-3-5-8-14)19(26)23-20-22-16-10-9-15(27-2)13-17(16)28-20/h3-5,7-10,13H,6,11-12H2,1-2H3,(H,22,23,26). The lowest BCUT2D eigenvalue weighted by molar-refractivity contribution is -0.124. The van der Waals surface area contributed by atoms with Crippen molar-refractivity contribution in [2.45, 2.75) is 25.3 Å². The summed E-state index contributed by atoms with van der Waals surface area (Å²) in [6, 6.07) is 14.7. The van der Waals surface area contributed by atoms with Crippen LogP contribution in [0.25, 0.3) is 10.2 Å². The Kier molecular flexibility index (Phi) is 4.77. The molecule has 3 aromatic rings. The van der Waals surface area contributed by atoms with E-state index >= 15 is 0 Å². The Balaban J connectivity index is 1.57. The van der Waals surface area contributed by atoms with Gasteiger partial charge >= 0.3 is 0 Å². The zero-order valence-electron chi connectivity index (χ0n) is 15.8. The average molecular weight is 395 g/mol. The predicted molar refractivity (Wildman–Crippen MR) is 110 cm³/mol. The first kappa shape index (κ1) is 18.4. The molecule has 0 radical (unpaired) electrons. The van der Waals surface area contributed by atoms with Gasteiger partial charge in [0.25, 0.3) is 11.8 Å². The molecule has 144 valence electrons. The normalized spacial score (nSPS) is 19.0. The van der Waals surface area contributed by atoms with Crippen molar-refractivity contribution < 1.29 is 14.3 Å². The van der Waals surface area contributed by atoms with Crippen LogP contribution in [-0.2, 0) is 4.79 Å². The van der Waals surface area contributed by atoms with Gasteiger partial charge in [-0.2, -0.15) is 0 Å². The van der Waals surface area contributed by atoms with Crippen LogP contribution in [0.15, 0.2) is 48.5 Å². The molecule has 0 spiro atoms. The topological polar surface area (TPSA) is 71.5 Å². The average Bonchev–Trinajstić information content (AvgIpc) is 3.31. The highest BCUT2D eigenvalue weighted by atomic mass is 32.1. The Bertz CT molecular complexity index is 1030. The summed E-state index contributed by atoms with van der Waals surface area (Å²) in [6.45, 7) is 2.39. The van der Waals surface area contributed by atoms with Crippen LogP contribution < -0.4 is 10.1 Å². The van der Waals surface area contributed by atoms with Crippen LogP contribution in [0, 0.1) is 0 Å². The first-order valence-corrected chi connectivity index (χ1v) is 9.96. The maximum absolute atomic E-state index is 13.1. The molecule has 0 bridgehead atoms. The number of amides is 2. The molecule has 1 aliphatic heterocycles. The van der Waals surface area contributed by atoms with Crippen LogP contribution in [0.1, 0.15) is 30.1 Å². The van der Waals surface area contributed by atoms with E-state index in [1.807, 2.05) is 43.3 Å². The fraction of sp³-hybridized carbons (Fsp3) is 0.286. The molecule has 4 rings (SSSR count). The van der Waals surface area contributed by atoms with Crippen molar-refractivity contribution in [1.29, 1.82) is 0 Å². The second kappa shape index (κ2) is 7.24. The van der Waals surface area contributed by atoms with E-state index in [1.165, 1.54) is 11.3 Å². The van der Waals surface area contributed by atoms with Gasteiger partial charge in [0.2, 0.25) is 0 Å². The number of ether oxygens (including phenoxy) is 1. The van der Waals surface area contributed by atoms with E-state index < -0.39 is 5.54 Å². The number of thiazole rings is 1. The summed E-state index contributed by atoms with van der Waals surface area (Å²) < 4.78 is 6.17. The number of carbonyl (C=O) groups excluding carboxylic acids is 2. The van der Waals surface area contributed by atoms with Crippen molar-refractivity contribution in [3.8, 4) is 5.75 Å². The molecule has 1 fully saturated rings. The summed E-state index contributed by atoms with van der Waals surface area (Å²) in [5, 5.41) is 3.44. The van der Waals surface area contributed by atoms with E-state index in [9.17, 15) is 9.59 Å². The third-order valence-electron chi connectivity index (χ3n) is 5.21. The van der Waals surface area contributed by atoms with Crippen LogP contribution in [0.4, 0.5) is 5.13 Å². The predicted octanol–water partition coefficient (Wildman–Crippen LogP) is 3.94. The van der Waals surface area contributed by atoms with E-state index in [0.717, 1.165) is 22.4 Å². The largest absolute Gasteiger partial charge is 0.497 e. The van der Waals surface area contributed by atoms with E-state index in [0.29, 0.717) is 23.7 Å². The summed E-state index contributed by atoms with van der Waals surface area (Å²) in [5.41, 5.74) is 0.494. The zero-order chi connectivity index (χ0) is 19.7. The lowest BCUT2D eigenvalue weighted by Crippen LogP contribution is -2.53. The quantitative estimate of drug-likeness (QED) is 0.726. The number of likely N-dealkylation sites (tertiary alicyclic amines) is 1. The minimum absolute atomic E-state index is 0.121. The Morgan fingerprint density at radius 1 is 1.21 bits per heavy atom. The van der Waals surface area contributed by atoms with E-state index in [2.05, 4.69) is 10.3 Å². The number of methoxy groups -OCH3 is 1. The number of benzene rings is 2. The highest BCUT2D eigenvalue weighted by Crippen LogP contribution is 2.34. The number of anilines is 1. The molecule has 1 saturated heterocycles. The van der Waals surface area contributed by atoms with Crippen molar-refractivity contribution in [3.05, 3.63) is 54.1 Å². The van der Waals surface area contributed by atoms with Gasteiger partial charge < -0.3 is 9.64 Å². The summed E-state index contributed by atoms with van der Waals surface area (Å²) in [7, 11) is 1.62. The Morgan fingerprint density at radius 3 is 2.75 bits per heavy atom. The molecule has 0 aliphatic carbocycles. The lowest BCUT2D eigenvalue weighted by Gasteiger charge is -2.33. The van der Waals surface area contributed by atoms with Crippen LogP contribution in [0.5, 0.6) is 5.75 Å². The molecule has 1 aromatic heterocycles. The van der Waals surface area contributed by atoms with Crippen LogP contribution in [0.3, 0.4) is 0 Å². The van der Waals surface area contributed by atoms with Gasteiger partial charge in [-0.1, -0.05) is 29.5 Å². The number of rotatable bonds is 4. The van der Waals surface area contributed by atoms with Gasteiger partial charge in [0, 0.05) is 12.1 Å². The first-order chi connectivity index (χ1) is 13.5. The van der Waals surface area contributed by atoms with Crippen LogP contribution in [-0.4, -0.2) is 40.9 Å². The molecule has 1 atom stereocenters. The minimum Gasteiger partial charge on any atom is -0.497 e. The summed E-state index contributed by atoms with van der Waals surface area (Å²) in [6.07, 6.45) is 1.41. The zero-order valence-corrected chi connectivity index (χ0v) is 16.6. The van der Waals surface area contributed by atoms with Gasteiger partial charge in [-0.3, -0.25) is 14.9 Å². The summed E-state index contributed by atoms with van der Waals surface area (Å²) in [4.78, 5) is 32.2. The monoisotopic (exact) mass is 395 g/mol. The minimum atomic E-state index is -0.900. The molecule has 1 unspecified atom stereocenters. The smallest absolute Gasteiger partial charge is 0.254 e.